The van der Waals surface area contributed by atoms with Crippen LogP contribution in [-0.4, -0.2) is 11.2 Å². The van der Waals surface area contributed by atoms with Crippen molar-refractivity contribution in [2.45, 2.75) is 27.3 Å². The van der Waals surface area contributed by atoms with Crippen molar-refractivity contribution < 1.29 is 13.7 Å². The first-order valence-corrected chi connectivity index (χ1v) is 8.05. The molecule has 7 heteroatoms. The highest BCUT2D eigenvalue weighted by atomic mass is 16.5. The van der Waals surface area contributed by atoms with Crippen LogP contribution in [0.4, 0.5) is 16.2 Å². The third kappa shape index (κ3) is 3.59. The van der Waals surface area contributed by atoms with Gasteiger partial charge in [0.15, 0.2) is 5.76 Å². The Labute approximate surface area is 150 Å². The van der Waals surface area contributed by atoms with Crippen molar-refractivity contribution in [1.29, 1.82) is 5.26 Å². The minimum atomic E-state index is -0.349. The van der Waals surface area contributed by atoms with Crippen LogP contribution in [0.5, 0.6) is 0 Å². The van der Waals surface area contributed by atoms with Crippen LogP contribution in [0.2, 0.25) is 0 Å². The van der Waals surface area contributed by atoms with Crippen LogP contribution < -0.4 is 10.2 Å². The lowest BCUT2D eigenvalue weighted by Gasteiger charge is -2.22. The van der Waals surface area contributed by atoms with E-state index in [4.69, 9.17) is 14.2 Å². The number of nitriles is 1. The van der Waals surface area contributed by atoms with Crippen molar-refractivity contribution in [3.63, 3.8) is 0 Å². The Morgan fingerprint density at radius 2 is 1.92 bits per heavy atom. The van der Waals surface area contributed by atoms with Gasteiger partial charge in [0.05, 0.1) is 18.2 Å². The van der Waals surface area contributed by atoms with Gasteiger partial charge < -0.3 is 14.3 Å². The summed E-state index contributed by atoms with van der Waals surface area (Å²) in [6.07, 6.45) is 0. The molecule has 0 saturated heterocycles. The molecule has 132 valence electrons. The Morgan fingerprint density at radius 1 is 1.19 bits per heavy atom. The Balaban J connectivity index is 1.88. The molecule has 0 atom stereocenters. The lowest BCUT2D eigenvalue weighted by molar-refractivity contribution is 0.256. The summed E-state index contributed by atoms with van der Waals surface area (Å²) in [5.74, 6) is 1.96. The van der Waals surface area contributed by atoms with E-state index < -0.39 is 0 Å². The van der Waals surface area contributed by atoms with E-state index in [1.165, 1.54) is 4.90 Å². The standard InChI is InChI=1S/C19H18N4O3/c1-12-4-9-17(25-12)11-23(18-13(2)22-26-14(18)3)19(24)21-16-7-5-15(10-20)6-8-16/h4-9H,11H2,1-3H3,(H,21,24). The van der Waals surface area contributed by atoms with Crippen molar-refractivity contribution in [3.05, 3.63) is 64.9 Å². The van der Waals surface area contributed by atoms with Gasteiger partial charge in [-0.05, 0) is 57.2 Å². The molecule has 1 aromatic carbocycles. The first kappa shape index (κ1) is 17.3. The first-order chi connectivity index (χ1) is 12.5. The molecule has 2 aromatic heterocycles. The van der Waals surface area contributed by atoms with Gasteiger partial charge in [-0.1, -0.05) is 5.16 Å². The SMILES string of the molecule is Cc1ccc(CN(C(=O)Nc2ccc(C#N)cc2)c2c(C)noc2C)o1. The van der Waals surface area contributed by atoms with Gasteiger partial charge in [-0.15, -0.1) is 0 Å². The van der Waals surface area contributed by atoms with E-state index in [1.807, 2.05) is 25.1 Å². The van der Waals surface area contributed by atoms with Crippen LogP contribution in [0, 0.1) is 32.1 Å². The van der Waals surface area contributed by atoms with Crippen molar-refractivity contribution in [1.82, 2.24) is 5.16 Å². The number of furan rings is 1. The van der Waals surface area contributed by atoms with Gasteiger partial charge in [0.2, 0.25) is 0 Å². The van der Waals surface area contributed by atoms with E-state index in [0.717, 1.165) is 5.76 Å². The highest BCUT2D eigenvalue weighted by Crippen LogP contribution is 2.27. The number of aromatic nitrogens is 1. The number of aryl methyl sites for hydroxylation is 3. The van der Waals surface area contributed by atoms with Crippen LogP contribution in [0.15, 0.2) is 45.3 Å². The zero-order chi connectivity index (χ0) is 18.7. The number of benzene rings is 1. The van der Waals surface area contributed by atoms with E-state index >= 15 is 0 Å². The summed E-state index contributed by atoms with van der Waals surface area (Å²) < 4.78 is 10.8. The predicted octanol–water partition coefficient (Wildman–Crippen LogP) is 4.30. The number of anilines is 2. The van der Waals surface area contributed by atoms with E-state index in [2.05, 4.69) is 10.5 Å². The lowest BCUT2D eigenvalue weighted by Crippen LogP contribution is -2.35. The molecule has 26 heavy (non-hydrogen) atoms. The van der Waals surface area contributed by atoms with Gasteiger partial charge >= 0.3 is 6.03 Å². The average Bonchev–Trinajstić information content (AvgIpc) is 3.18. The third-order valence-corrected chi connectivity index (χ3v) is 3.89. The lowest BCUT2D eigenvalue weighted by atomic mass is 10.2. The minimum absolute atomic E-state index is 0.235. The Bertz CT molecular complexity index is 944. The number of hydrogen-bond donors (Lipinski definition) is 1. The average molecular weight is 350 g/mol. The second-order valence-corrected chi connectivity index (χ2v) is 5.89. The topological polar surface area (TPSA) is 95.3 Å². The summed E-state index contributed by atoms with van der Waals surface area (Å²) in [6.45, 7) is 5.62. The summed E-state index contributed by atoms with van der Waals surface area (Å²) in [5.41, 5.74) is 2.32. The summed E-state index contributed by atoms with van der Waals surface area (Å²) in [7, 11) is 0. The van der Waals surface area contributed by atoms with Crippen molar-refractivity contribution >= 4 is 17.4 Å². The Hall–Kier alpha value is -3.53. The number of hydrogen-bond acceptors (Lipinski definition) is 5. The molecule has 0 aliphatic rings. The van der Waals surface area contributed by atoms with Crippen molar-refractivity contribution in [2.75, 3.05) is 10.2 Å². The number of carbonyl (C=O) groups is 1. The van der Waals surface area contributed by atoms with Gasteiger partial charge in [-0.25, -0.2) is 4.79 Å². The van der Waals surface area contributed by atoms with E-state index in [1.54, 1.807) is 38.1 Å². The fourth-order valence-corrected chi connectivity index (χ4v) is 2.66. The summed E-state index contributed by atoms with van der Waals surface area (Å²) in [4.78, 5) is 14.4. The van der Waals surface area contributed by atoms with Crippen LogP contribution >= 0.6 is 0 Å². The zero-order valence-electron chi connectivity index (χ0n) is 14.7. The molecule has 2 heterocycles. The maximum atomic E-state index is 12.9. The molecule has 0 radical (unpaired) electrons. The molecule has 1 N–H and O–H groups in total. The van der Waals surface area contributed by atoms with Crippen LogP contribution in [0.1, 0.15) is 28.5 Å². The van der Waals surface area contributed by atoms with Gasteiger partial charge in [-0.3, -0.25) is 4.90 Å². The van der Waals surface area contributed by atoms with E-state index in [-0.39, 0.29) is 12.6 Å². The second-order valence-electron chi connectivity index (χ2n) is 5.89. The maximum Gasteiger partial charge on any atom is 0.326 e. The smallest absolute Gasteiger partial charge is 0.326 e. The highest BCUT2D eigenvalue weighted by molar-refractivity contribution is 6.02. The third-order valence-electron chi connectivity index (χ3n) is 3.89. The van der Waals surface area contributed by atoms with Gasteiger partial charge in [-0.2, -0.15) is 5.26 Å². The molecule has 0 bridgehead atoms. The molecule has 0 saturated carbocycles. The van der Waals surface area contributed by atoms with Crippen molar-refractivity contribution in [3.8, 4) is 6.07 Å². The second kappa shape index (κ2) is 7.15. The molecule has 3 rings (SSSR count). The monoisotopic (exact) mass is 350 g/mol. The number of nitrogens with one attached hydrogen (secondary N) is 1. The summed E-state index contributed by atoms with van der Waals surface area (Å²) >= 11 is 0. The minimum Gasteiger partial charge on any atom is -0.464 e. The quantitative estimate of drug-likeness (QED) is 0.757. The zero-order valence-corrected chi connectivity index (χ0v) is 14.7. The normalized spacial score (nSPS) is 10.4. The molecular weight excluding hydrogens is 332 g/mol. The summed E-state index contributed by atoms with van der Waals surface area (Å²) in [5, 5.41) is 15.6. The molecule has 0 fully saturated rings. The van der Waals surface area contributed by atoms with Crippen LogP contribution in [-0.2, 0) is 6.54 Å². The molecule has 7 nitrogen and oxygen atoms in total. The number of rotatable bonds is 4. The first-order valence-electron chi connectivity index (χ1n) is 8.05. The molecule has 0 unspecified atom stereocenters. The van der Waals surface area contributed by atoms with E-state index in [0.29, 0.717) is 34.2 Å². The Kier molecular flexibility index (Phi) is 4.76. The predicted molar refractivity (Wildman–Crippen MR) is 95.8 cm³/mol. The highest BCUT2D eigenvalue weighted by Gasteiger charge is 2.24. The van der Waals surface area contributed by atoms with Crippen LogP contribution in [0.3, 0.4) is 0 Å². The molecular formula is C19H18N4O3. The van der Waals surface area contributed by atoms with Crippen molar-refractivity contribution in [2.24, 2.45) is 0 Å². The molecule has 0 aliphatic carbocycles. The van der Waals surface area contributed by atoms with Gasteiger partial charge in [0.25, 0.3) is 0 Å². The van der Waals surface area contributed by atoms with E-state index in [9.17, 15) is 4.79 Å². The summed E-state index contributed by atoms with van der Waals surface area (Å²) in [6, 6.07) is 12.0. The van der Waals surface area contributed by atoms with Gasteiger partial charge in [0.1, 0.15) is 22.9 Å². The number of urea groups is 1. The molecule has 3 aromatic rings. The number of amides is 2. The largest absolute Gasteiger partial charge is 0.464 e. The fourth-order valence-electron chi connectivity index (χ4n) is 2.66. The maximum absolute atomic E-state index is 12.9. The molecule has 2 amide bonds. The molecule has 0 spiro atoms. The molecule has 0 aliphatic heterocycles. The fraction of sp³-hybridized carbons (Fsp3) is 0.211. The van der Waals surface area contributed by atoms with Gasteiger partial charge in [0, 0.05) is 5.69 Å². The number of carbonyl (C=O) groups excluding carboxylic acids is 1. The van der Waals surface area contributed by atoms with Crippen LogP contribution in [0.25, 0.3) is 0 Å². The number of nitrogens with zero attached hydrogens (tertiary/aromatic N) is 3. The Morgan fingerprint density at radius 3 is 2.46 bits per heavy atom.